The first kappa shape index (κ1) is 9.81. The number of hydrogen-bond donors (Lipinski definition) is 1. The summed E-state index contributed by atoms with van der Waals surface area (Å²) in [6.45, 7) is 1.15. The van der Waals surface area contributed by atoms with Gasteiger partial charge in [-0.3, -0.25) is 0 Å². The molecule has 0 unspecified atom stereocenters. The fourth-order valence-corrected chi connectivity index (χ4v) is 1.53. The second-order valence-corrected chi connectivity index (χ2v) is 4.17. The van der Waals surface area contributed by atoms with Crippen LogP contribution < -0.4 is 0 Å². The Morgan fingerprint density at radius 2 is 2.25 bits per heavy atom. The molecule has 1 rings (SSSR count). The molecular weight excluding hydrogens is 216 g/mol. The monoisotopic (exact) mass is 230 g/mol. The van der Waals surface area contributed by atoms with Crippen LogP contribution in [-0.4, -0.2) is 30.5 Å². The zero-order chi connectivity index (χ0) is 8.97. The van der Waals surface area contributed by atoms with Gasteiger partial charge < -0.3 is 9.88 Å². The summed E-state index contributed by atoms with van der Waals surface area (Å²) in [5.74, 6) is 0. The number of aromatic amines is 1. The second kappa shape index (κ2) is 4.67. The van der Waals surface area contributed by atoms with Crippen LogP contribution in [-0.2, 0) is 6.42 Å². The predicted octanol–water partition coefficient (Wildman–Crippen LogP) is 2.27. The Morgan fingerprint density at radius 1 is 1.50 bits per heavy atom. The number of aromatic nitrogens is 1. The van der Waals surface area contributed by atoms with Crippen molar-refractivity contribution in [3.05, 3.63) is 22.4 Å². The first-order chi connectivity index (χ1) is 5.68. The average molecular weight is 231 g/mol. The van der Waals surface area contributed by atoms with Crippen molar-refractivity contribution in [3.8, 4) is 0 Å². The Labute approximate surface area is 82.1 Å². The molecule has 0 atom stereocenters. The lowest BCUT2D eigenvalue weighted by atomic mass is 10.2. The van der Waals surface area contributed by atoms with E-state index < -0.39 is 0 Å². The van der Waals surface area contributed by atoms with Crippen molar-refractivity contribution in [3.63, 3.8) is 0 Å². The van der Waals surface area contributed by atoms with E-state index in [1.54, 1.807) is 0 Å². The number of rotatable bonds is 4. The van der Waals surface area contributed by atoms with E-state index in [2.05, 4.69) is 46.0 Å². The third-order valence-corrected chi connectivity index (χ3v) is 2.22. The highest BCUT2D eigenvalue weighted by molar-refractivity contribution is 9.10. The van der Waals surface area contributed by atoms with Gasteiger partial charge >= 0.3 is 0 Å². The average Bonchev–Trinajstić information content (AvgIpc) is 2.35. The normalized spacial score (nSPS) is 11.0. The van der Waals surface area contributed by atoms with Crippen LogP contribution >= 0.6 is 15.9 Å². The molecule has 0 saturated carbocycles. The summed E-state index contributed by atoms with van der Waals surface area (Å²) < 4.78 is 1.14. The van der Waals surface area contributed by atoms with Crippen LogP contribution in [0.25, 0.3) is 0 Å². The molecule has 1 aromatic rings. The van der Waals surface area contributed by atoms with E-state index in [0.29, 0.717) is 0 Å². The van der Waals surface area contributed by atoms with Gasteiger partial charge in [0, 0.05) is 16.4 Å². The van der Waals surface area contributed by atoms with Crippen LogP contribution in [0.3, 0.4) is 0 Å². The first-order valence-electron chi connectivity index (χ1n) is 4.16. The fraction of sp³-hybridized carbons (Fsp3) is 0.556. The van der Waals surface area contributed by atoms with Crippen molar-refractivity contribution in [2.24, 2.45) is 0 Å². The molecule has 0 aliphatic rings. The molecule has 1 N–H and O–H groups in total. The Kier molecular flexibility index (Phi) is 3.82. The Hall–Kier alpha value is -0.280. The van der Waals surface area contributed by atoms with E-state index in [0.717, 1.165) is 17.4 Å². The molecule has 68 valence electrons. The van der Waals surface area contributed by atoms with Crippen molar-refractivity contribution in [1.82, 2.24) is 9.88 Å². The van der Waals surface area contributed by atoms with Crippen molar-refractivity contribution in [1.29, 1.82) is 0 Å². The molecule has 1 heterocycles. The van der Waals surface area contributed by atoms with E-state index in [9.17, 15) is 0 Å². The highest BCUT2D eigenvalue weighted by Gasteiger charge is 1.96. The number of nitrogens with zero attached hydrogens (tertiary/aromatic N) is 1. The van der Waals surface area contributed by atoms with Gasteiger partial charge in [-0.25, -0.2) is 0 Å². The van der Waals surface area contributed by atoms with Gasteiger partial charge in [0.15, 0.2) is 0 Å². The highest BCUT2D eigenvalue weighted by Crippen LogP contribution is 2.11. The molecule has 0 aromatic carbocycles. The van der Waals surface area contributed by atoms with Gasteiger partial charge in [0.1, 0.15) is 0 Å². The van der Waals surface area contributed by atoms with Crippen LogP contribution in [0.5, 0.6) is 0 Å². The Bertz CT molecular complexity index is 230. The zero-order valence-electron chi connectivity index (χ0n) is 7.60. The minimum Gasteiger partial charge on any atom is -0.364 e. The van der Waals surface area contributed by atoms with Crippen molar-refractivity contribution in [2.45, 2.75) is 12.8 Å². The zero-order valence-corrected chi connectivity index (χ0v) is 9.19. The highest BCUT2D eigenvalue weighted by atomic mass is 79.9. The molecule has 0 amide bonds. The third kappa shape index (κ3) is 3.41. The number of hydrogen-bond acceptors (Lipinski definition) is 1. The van der Waals surface area contributed by atoms with Gasteiger partial charge in [-0.05, 0) is 55.5 Å². The molecular formula is C9H15BrN2. The van der Waals surface area contributed by atoms with Crippen molar-refractivity contribution in [2.75, 3.05) is 20.6 Å². The summed E-state index contributed by atoms with van der Waals surface area (Å²) >= 11 is 3.41. The summed E-state index contributed by atoms with van der Waals surface area (Å²) in [4.78, 5) is 5.42. The molecule has 0 bridgehead atoms. The van der Waals surface area contributed by atoms with Gasteiger partial charge in [0.05, 0.1) is 0 Å². The van der Waals surface area contributed by atoms with Gasteiger partial charge in [-0.15, -0.1) is 0 Å². The van der Waals surface area contributed by atoms with E-state index in [1.165, 1.54) is 12.1 Å². The first-order valence-corrected chi connectivity index (χ1v) is 4.95. The van der Waals surface area contributed by atoms with Crippen LogP contribution in [0, 0.1) is 0 Å². The van der Waals surface area contributed by atoms with E-state index in [1.807, 2.05) is 6.20 Å². The van der Waals surface area contributed by atoms with Gasteiger partial charge in [0.2, 0.25) is 0 Å². The number of aryl methyl sites for hydroxylation is 1. The summed E-state index contributed by atoms with van der Waals surface area (Å²) in [5.41, 5.74) is 1.31. The molecule has 12 heavy (non-hydrogen) atoms. The third-order valence-electron chi connectivity index (χ3n) is 1.76. The maximum absolute atomic E-state index is 3.41. The van der Waals surface area contributed by atoms with Gasteiger partial charge in [0.25, 0.3) is 0 Å². The minimum atomic E-state index is 1.13. The van der Waals surface area contributed by atoms with Crippen molar-refractivity contribution < 1.29 is 0 Å². The summed E-state index contributed by atoms with van der Waals surface area (Å²) in [6.07, 6.45) is 4.31. The van der Waals surface area contributed by atoms with Crippen LogP contribution in [0.4, 0.5) is 0 Å². The van der Waals surface area contributed by atoms with Crippen molar-refractivity contribution >= 4 is 15.9 Å². The number of nitrogens with one attached hydrogen (secondary N) is 1. The van der Waals surface area contributed by atoms with E-state index in [-0.39, 0.29) is 0 Å². The quantitative estimate of drug-likeness (QED) is 0.842. The molecule has 3 heteroatoms. The topological polar surface area (TPSA) is 19.0 Å². The van der Waals surface area contributed by atoms with Gasteiger partial charge in [-0.2, -0.15) is 0 Å². The summed E-state index contributed by atoms with van der Waals surface area (Å²) in [7, 11) is 4.20. The maximum Gasteiger partial charge on any atom is 0.0352 e. The van der Waals surface area contributed by atoms with Gasteiger partial charge in [-0.1, -0.05) is 0 Å². The molecule has 0 aliphatic heterocycles. The molecule has 2 nitrogen and oxygen atoms in total. The van der Waals surface area contributed by atoms with E-state index >= 15 is 0 Å². The van der Waals surface area contributed by atoms with Crippen LogP contribution in [0.2, 0.25) is 0 Å². The predicted molar refractivity (Wildman–Crippen MR) is 55.4 cm³/mol. The second-order valence-electron chi connectivity index (χ2n) is 3.25. The number of halogens is 1. The van der Waals surface area contributed by atoms with E-state index in [4.69, 9.17) is 0 Å². The number of H-pyrrole nitrogens is 1. The lowest BCUT2D eigenvalue weighted by Gasteiger charge is -2.07. The van der Waals surface area contributed by atoms with Crippen LogP contribution in [0.15, 0.2) is 16.7 Å². The summed E-state index contributed by atoms with van der Waals surface area (Å²) in [6, 6.07) is 2.13. The Morgan fingerprint density at radius 3 is 2.75 bits per heavy atom. The molecule has 0 spiro atoms. The minimum absolute atomic E-state index is 1.13. The summed E-state index contributed by atoms with van der Waals surface area (Å²) in [5, 5.41) is 0. The molecule has 0 fully saturated rings. The molecule has 0 radical (unpaired) electrons. The smallest absolute Gasteiger partial charge is 0.0352 e. The van der Waals surface area contributed by atoms with Crippen LogP contribution in [0.1, 0.15) is 12.1 Å². The molecule has 1 aromatic heterocycles. The standard InChI is InChI=1S/C9H15BrN2/c1-12(2)5-3-4-9-6-8(10)7-11-9/h6-7,11H,3-5H2,1-2H3. The lowest BCUT2D eigenvalue weighted by Crippen LogP contribution is -2.13. The SMILES string of the molecule is CN(C)CCCc1cc(Br)c[nH]1. The Balaban J connectivity index is 2.24. The molecule has 0 saturated heterocycles. The largest absolute Gasteiger partial charge is 0.364 e. The fourth-order valence-electron chi connectivity index (χ4n) is 1.14. The lowest BCUT2D eigenvalue weighted by molar-refractivity contribution is 0.399. The maximum atomic E-state index is 3.41. The molecule has 0 aliphatic carbocycles.